The predicted octanol–water partition coefficient (Wildman–Crippen LogP) is 16.8. The number of nitrogens with zero attached hydrogens (tertiary/aromatic N) is 2. The van der Waals surface area contributed by atoms with Crippen LogP contribution in [0.2, 0.25) is 0 Å². The van der Waals surface area contributed by atoms with E-state index >= 15 is 0 Å². The van der Waals surface area contributed by atoms with Gasteiger partial charge in [0.25, 0.3) is 0 Å². The van der Waals surface area contributed by atoms with Gasteiger partial charge in [-0.2, -0.15) is 0 Å². The van der Waals surface area contributed by atoms with Crippen LogP contribution in [0.25, 0.3) is 110 Å². The topological polar surface area (TPSA) is 25.8 Å². The molecular weight excluding hydrogens is 793 g/mol. The van der Waals surface area contributed by atoms with Gasteiger partial charge in [0.1, 0.15) is 0 Å². The molecule has 2 nitrogen and oxygen atoms in total. The number of hydrogen-bond acceptors (Lipinski definition) is 3. The highest BCUT2D eigenvalue weighted by Crippen LogP contribution is 2.53. The average molecular weight is 835 g/mol. The molecule has 0 aliphatic heterocycles. The van der Waals surface area contributed by atoms with Crippen LogP contribution >= 0.6 is 11.3 Å². The SMILES string of the molecule is CC1(C)c2cc(-c3cc(-c4cc(-c5ccc(-c6ccccc6)cc5)cc(-c5cccc6c5sc5ccccc56)c4)nc(-c4ccccc4)n3)ccc2-c2c(-c3ccccc3)cccc21. The lowest BCUT2D eigenvalue weighted by atomic mass is 9.81. The third-order valence-electron chi connectivity index (χ3n) is 13.1. The van der Waals surface area contributed by atoms with E-state index in [1.165, 1.54) is 70.2 Å². The van der Waals surface area contributed by atoms with Gasteiger partial charge in [-0.1, -0.05) is 196 Å². The van der Waals surface area contributed by atoms with Crippen LogP contribution in [0, 0.1) is 0 Å². The van der Waals surface area contributed by atoms with Gasteiger partial charge in [-0.3, -0.25) is 0 Å². The number of benzene rings is 9. The molecule has 0 saturated heterocycles. The molecule has 0 fully saturated rings. The van der Waals surface area contributed by atoms with Crippen LogP contribution in [0.5, 0.6) is 0 Å². The molecule has 0 bridgehead atoms. The van der Waals surface area contributed by atoms with E-state index in [1.807, 2.05) is 17.4 Å². The van der Waals surface area contributed by atoms with Crippen LogP contribution in [0.15, 0.2) is 218 Å². The molecule has 0 spiro atoms. The van der Waals surface area contributed by atoms with Gasteiger partial charge in [-0.15, -0.1) is 11.3 Å². The number of rotatable bonds is 7. The minimum atomic E-state index is -0.198. The maximum absolute atomic E-state index is 5.39. The second kappa shape index (κ2) is 15.3. The zero-order chi connectivity index (χ0) is 42.8. The summed E-state index contributed by atoms with van der Waals surface area (Å²) in [6.45, 7) is 4.71. The van der Waals surface area contributed by atoms with Crippen molar-refractivity contribution in [2.75, 3.05) is 0 Å². The summed E-state index contributed by atoms with van der Waals surface area (Å²) in [4.78, 5) is 10.7. The first-order valence-electron chi connectivity index (χ1n) is 22.0. The summed E-state index contributed by atoms with van der Waals surface area (Å²) in [7, 11) is 0. The Kier molecular flexibility index (Phi) is 9.06. The summed E-state index contributed by atoms with van der Waals surface area (Å²) in [6.07, 6.45) is 0. The van der Waals surface area contributed by atoms with Crippen LogP contribution < -0.4 is 0 Å². The Balaban J connectivity index is 1.05. The first kappa shape index (κ1) is 38.0. The molecule has 0 amide bonds. The first-order chi connectivity index (χ1) is 31.5. The van der Waals surface area contributed by atoms with Crippen molar-refractivity contribution in [3.05, 3.63) is 230 Å². The van der Waals surface area contributed by atoms with E-state index in [2.05, 4.69) is 226 Å². The zero-order valence-corrected chi connectivity index (χ0v) is 36.4. The van der Waals surface area contributed by atoms with E-state index in [1.54, 1.807) is 0 Å². The summed E-state index contributed by atoms with van der Waals surface area (Å²) in [5.74, 6) is 0.702. The third-order valence-corrected chi connectivity index (χ3v) is 14.3. The van der Waals surface area contributed by atoms with Gasteiger partial charge in [-0.25, -0.2) is 9.97 Å². The number of fused-ring (bicyclic) bond motifs is 6. The second-order valence-electron chi connectivity index (χ2n) is 17.3. The fourth-order valence-electron chi connectivity index (χ4n) is 9.82. The molecule has 0 N–H and O–H groups in total. The van der Waals surface area contributed by atoms with E-state index in [4.69, 9.17) is 9.97 Å². The number of aromatic nitrogens is 2. The Labute approximate surface area is 377 Å². The minimum Gasteiger partial charge on any atom is -0.228 e. The van der Waals surface area contributed by atoms with Crippen LogP contribution in [-0.4, -0.2) is 9.97 Å². The van der Waals surface area contributed by atoms with Gasteiger partial charge in [0.2, 0.25) is 0 Å². The smallest absolute Gasteiger partial charge is 0.160 e. The molecule has 0 saturated carbocycles. The molecule has 2 heterocycles. The molecule has 1 aliphatic rings. The molecule has 9 aromatic carbocycles. The Morgan fingerprint density at radius 2 is 0.891 bits per heavy atom. The fraction of sp³-hybridized carbons (Fsp3) is 0.0492. The van der Waals surface area contributed by atoms with E-state index < -0.39 is 0 Å². The van der Waals surface area contributed by atoms with Crippen molar-refractivity contribution in [2.24, 2.45) is 0 Å². The quantitative estimate of drug-likeness (QED) is 0.160. The van der Waals surface area contributed by atoms with Crippen molar-refractivity contribution in [3.8, 4) is 89.5 Å². The molecule has 12 rings (SSSR count). The van der Waals surface area contributed by atoms with Gasteiger partial charge in [0.15, 0.2) is 5.82 Å². The molecule has 11 aromatic rings. The molecule has 2 aromatic heterocycles. The van der Waals surface area contributed by atoms with Crippen molar-refractivity contribution in [1.29, 1.82) is 0 Å². The Bertz CT molecular complexity index is 3550. The maximum atomic E-state index is 5.39. The van der Waals surface area contributed by atoms with Crippen molar-refractivity contribution in [3.63, 3.8) is 0 Å². The Hall–Kier alpha value is -7.72. The zero-order valence-electron chi connectivity index (χ0n) is 35.6. The Morgan fingerprint density at radius 3 is 1.64 bits per heavy atom. The number of thiophene rings is 1. The molecule has 3 heteroatoms. The van der Waals surface area contributed by atoms with E-state index in [9.17, 15) is 0 Å². The molecule has 0 atom stereocenters. The van der Waals surface area contributed by atoms with E-state index in [-0.39, 0.29) is 5.41 Å². The van der Waals surface area contributed by atoms with E-state index in [0.29, 0.717) is 5.82 Å². The van der Waals surface area contributed by atoms with Gasteiger partial charge < -0.3 is 0 Å². The van der Waals surface area contributed by atoms with Gasteiger partial charge >= 0.3 is 0 Å². The van der Waals surface area contributed by atoms with E-state index in [0.717, 1.165) is 44.8 Å². The lowest BCUT2D eigenvalue weighted by Gasteiger charge is -2.22. The minimum absolute atomic E-state index is 0.198. The molecule has 302 valence electrons. The summed E-state index contributed by atoms with van der Waals surface area (Å²) < 4.78 is 2.58. The largest absolute Gasteiger partial charge is 0.228 e. The lowest BCUT2D eigenvalue weighted by molar-refractivity contribution is 0.660. The fourth-order valence-corrected chi connectivity index (χ4v) is 11.1. The van der Waals surface area contributed by atoms with Crippen LogP contribution in [0.3, 0.4) is 0 Å². The maximum Gasteiger partial charge on any atom is 0.160 e. The summed E-state index contributed by atoms with van der Waals surface area (Å²) in [5.41, 5.74) is 19.5. The molecular formula is C61H42N2S. The van der Waals surface area contributed by atoms with Crippen molar-refractivity contribution < 1.29 is 0 Å². The standard InChI is InChI=1S/C61H42N2S/c1-61(2)53-26-15-23-48(42-18-8-4-9-19-42)58(53)52-33-32-44(37-54(52)61)55-38-56(63-60(62-55)43-20-10-5-11-21-43)47-35-45(41-30-28-40(29-31-41)39-16-6-3-7-17-39)34-46(36-47)49-24-14-25-51-50-22-12-13-27-57(50)64-59(49)51/h3-38H,1-2H3. The average Bonchev–Trinajstić information content (AvgIpc) is 3.86. The van der Waals surface area contributed by atoms with Gasteiger partial charge in [0.05, 0.1) is 11.4 Å². The predicted molar refractivity (Wildman–Crippen MR) is 271 cm³/mol. The normalized spacial score (nSPS) is 12.7. The summed E-state index contributed by atoms with van der Waals surface area (Å²) in [5, 5.41) is 2.58. The summed E-state index contributed by atoms with van der Waals surface area (Å²) >= 11 is 1.86. The summed E-state index contributed by atoms with van der Waals surface area (Å²) in [6, 6.07) is 79.1. The molecule has 1 aliphatic carbocycles. The lowest BCUT2D eigenvalue weighted by Crippen LogP contribution is -2.15. The van der Waals surface area contributed by atoms with Crippen LogP contribution in [-0.2, 0) is 5.41 Å². The van der Waals surface area contributed by atoms with Crippen molar-refractivity contribution in [2.45, 2.75) is 19.3 Å². The van der Waals surface area contributed by atoms with Crippen LogP contribution in [0.1, 0.15) is 25.0 Å². The monoisotopic (exact) mass is 834 g/mol. The van der Waals surface area contributed by atoms with Gasteiger partial charge in [0, 0.05) is 42.3 Å². The molecule has 0 radical (unpaired) electrons. The highest BCUT2D eigenvalue weighted by atomic mass is 32.1. The first-order valence-corrected chi connectivity index (χ1v) is 22.8. The second-order valence-corrected chi connectivity index (χ2v) is 18.4. The molecule has 64 heavy (non-hydrogen) atoms. The molecule has 0 unspecified atom stereocenters. The third kappa shape index (κ3) is 6.47. The van der Waals surface area contributed by atoms with Crippen LogP contribution in [0.4, 0.5) is 0 Å². The Morgan fingerprint density at radius 1 is 0.344 bits per heavy atom. The highest BCUT2D eigenvalue weighted by molar-refractivity contribution is 7.26. The number of hydrogen-bond donors (Lipinski definition) is 0. The van der Waals surface area contributed by atoms with Crippen molar-refractivity contribution >= 4 is 31.5 Å². The van der Waals surface area contributed by atoms with Gasteiger partial charge in [-0.05, 0) is 103 Å². The van der Waals surface area contributed by atoms with Crippen molar-refractivity contribution in [1.82, 2.24) is 9.97 Å². The highest BCUT2D eigenvalue weighted by Gasteiger charge is 2.37.